The Morgan fingerprint density at radius 2 is 1.92 bits per heavy atom. The molecule has 3 aromatic rings. The van der Waals surface area contributed by atoms with Gasteiger partial charge in [0.05, 0.1) is 42.2 Å². The minimum Gasteiger partial charge on any atom is -0.493 e. The highest BCUT2D eigenvalue weighted by Gasteiger charge is 2.25. The van der Waals surface area contributed by atoms with Crippen molar-refractivity contribution in [3.8, 4) is 11.5 Å². The van der Waals surface area contributed by atoms with E-state index in [1.54, 1.807) is 26.0 Å². The van der Waals surface area contributed by atoms with E-state index in [4.69, 9.17) is 21.1 Å². The third-order valence-electron chi connectivity index (χ3n) is 4.37. The quantitative estimate of drug-likeness (QED) is 0.641. The standard InChI is InChI=1S/C19H18ClN3O2S/c1-12-19(22-9-13(20)4-7-18(22)21-12)15-10-26-11-23(15)14-5-6-16(24-2)17(8-14)25-3/h4-10H,11H2,1-3H3. The lowest BCUT2D eigenvalue weighted by atomic mass is 10.2. The Balaban J connectivity index is 1.81. The van der Waals surface area contributed by atoms with Crippen molar-refractivity contribution >= 4 is 40.4 Å². The molecule has 0 spiro atoms. The number of hydrogen-bond acceptors (Lipinski definition) is 5. The summed E-state index contributed by atoms with van der Waals surface area (Å²) >= 11 is 7.96. The third-order valence-corrected chi connectivity index (χ3v) is 5.39. The molecule has 5 nitrogen and oxygen atoms in total. The molecule has 0 saturated carbocycles. The lowest BCUT2D eigenvalue weighted by Crippen LogP contribution is -2.18. The van der Waals surface area contributed by atoms with E-state index in [9.17, 15) is 0 Å². The molecular weight excluding hydrogens is 370 g/mol. The Kier molecular flexibility index (Phi) is 4.46. The SMILES string of the molecule is COc1ccc(N2CSC=C2c2c(C)nc3ccc(Cl)cn23)cc1OC. The van der Waals surface area contributed by atoms with Gasteiger partial charge in [-0.05, 0) is 36.6 Å². The number of ether oxygens (including phenoxy) is 2. The van der Waals surface area contributed by atoms with E-state index in [0.717, 1.165) is 34.3 Å². The monoisotopic (exact) mass is 387 g/mol. The second-order valence-electron chi connectivity index (χ2n) is 5.89. The zero-order valence-corrected chi connectivity index (χ0v) is 16.3. The summed E-state index contributed by atoms with van der Waals surface area (Å²) < 4.78 is 12.9. The van der Waals surface area contributed by atoms with Gasteiger partial charge in [0.2, 0.25) is 0 Å². The number of hydrogen-bond donors (Lipinski definition) is 0. The minimum atomic E-state index is 0.681. The molecule has 134 valence electrons. The molecule has 4 rings (SSSR count). The topological polar surface area (TPSA) is 39.0 Å². The van der Waals surface area contributed by atoms with Crippen LogP contribution < -0.4 is 14.4 Å². The molecule has 0 fully saturated rings. The minimum absolute atomic E-state index is 0.681. The summed E-state index contributed by atoms with van der Waals surface area (Å²) in [7, 11) is 3.29. The average Bonchev–Trinajstić information content (AvgIpc) is 3.24. The maximum Gasteiger partial charge on any atom is 0.162 e. The van der Waals surface area contributed by atoms with Crippen molar-refractivity contribution in [3.63, 3.8) is 0 Å². The Morgan fingerprint density at radius 1 is 1.12 bits per heavy atom. The van der Waals surface area contributed by atoms with Gasteiger partial charge in [-0.2, -0.15) is 0 Å². The van der Waals surface area contributed by atoms with Gasteiger partial charge in [-0.25, -0.2) is 4.98 Å². The maximum absolute atomic E-state index is 6.22. The van der Waals surface area contributed by atoms with Crippen molar-refractivity contribution in [2.75, 3.05) is 25.0 Å². The van der Waals surface area contributed by atoms with E-state index < -0.39 is 0 Å². The first-order valence-electron chi connectivity index (χ1n) is 8.08. The predicted molar refractivity (Wildman–Crippen MR) is 107 cm³/mol. The van der Waals surface area contributed by atoms with Crippen LogP contribution in [-0.4, -0.2) is 29.5 Å². The van der Waals surface area contributed by atoms with Gasteiger partial charge >= 0.3 is 0 Å². The van der Waals surface area contributed by atoms with Crippen LogP contribution in [0.25, 0.3) is 11.3 Å². The number of rotatable bonds is 4. The number of benzene rings is 1. The van der Waals surface area contributed by atoms with Gasteiger partial charge in [-0.15, -0.1) is 11.8 Å². The zero-order valence-electron chi connectivity index (χ0n) is 14.7. The number of imidazole rings is 1. The Hall–Kier alpha value is -2.31. The van der Waals surface area contributed by atoms with Crippen LogP contribution in [0.5, 0.6) is 11.5 Å². The molecular formula is C19H18ClN3O2S. The fraction of sp³-hybridized carbons (Fsp3) is 0.211. The molecule has 0 N–H and O–H groups in total. The first kappa shape index (κ1) is 17.1. The van der Waals surface area contributed by atoms with Gasteiger partial charge in [0.1, 0.15) is 5.65 Å². The Morgan fingerprint density at radius 3 is 2.69 bits per heavy atom. The van der Waals surface area contributed by atoms with Gasteiger partial charge in [0.25, 0.3) is 0 Å². The van der Waals surface area contributed by atoms with Crippen molar-refractivity contribution < 1.29 is 9.47 Å². The van der Waals surface area contributed by atoms with E-state index in [0.29, 0.717) is 16.5 Å². The first-order chi connectivity index (χ1) is 12.6. The van der Waals surface area contributed by atoms with Crippen LogP contribution in [0.2, 0.25) is 5.02 Å². The molecule has 2 aromatic heterocycles. The second kappa shape index (κ2) is 6.78. The van der Waals surface area contributed by atoms with E-state index in [-0.39, 0.29) is 0 Å². The molecule has 0 unspecified atom stereocenters. The average molecular weight is 388 g/mol. The largest absolute Gasteiger partial charge is 0.493 e. The normalized spacial score (nSPS) is 14.0. The van der Waals surface area contributed by atoms with Crippen LogP contribution in [-0.2, 0) is 0 Å². The third kappa shape index (κ3) is 2.79. The molecule has 0 radical (unpaired) electrons. The second-order valence-corrected chi connectivity index (χ2v) is 7.15. The Labute approximate surface area is 161 Å². The van der Waals surface area contributed by atoms with Crippen LogP contribution in [0, 0.1) is 6.92 Å². The van der Waals surface area contributed by atoms with Gasteiger partial charge < -0.3 is 14.4 Å². The number of thioether (sulfide) groups is 1. The lowest BCUT2D eigenvalue weighted by Gasteiger charge is -2.23. The molecule has 7 heteroatoms. The number of methoxy groups -OCH3 is 2. The number of aryl methyl sites for hydroxylation is 1. The summed E-state index contributed by atoms with van der Waals surface area (Å²) in [5.41, 5.74) is 5.02. The van der Waals surface area contributed by atoms with E-state index in [2.05, 4.69) is 15.3 Å². The highest BCUT2D eigenvalue weighted by atomic mass is 35.5. The van der Waals surface area contributed by atoms with Crippen LogP contribution >= 0.6 is 23.4 Å². The van der Waals surface area contributed by atoms with Crippen LogP contribution in [0.15, 0.2) is 41.9 Å². The summed E-state index contributed by atoms with van der Waals surface area (Å²) in [4.78, 5) is 6.91. The number of pyridine rings is 1. The molecule has 0 bridgehead atoms. The number of anilines is 1. The Bertz CT molecular complexity index is 1020. The molecule has 0 atom stereocenters. The molecule has 0 amide bonds. The number of fused-ring (bicyclic) bond motifs is 1. The van der Waals surface area contributed by atoms with E-state index in [1.807, 2.05) is 47.9 Å². The van der Waals surface area contributed by atoms with Crippen LogP contribution in [0.3, 0.4) is 0 Å². The molecule has 0 aliphatic carbocycles. The predicted octanol–water partition coefficient (Wildman–Crippen LogP) is 4.82. The van der Waals surface area contributed by atoms with Crippen LogP contribution in [0.4, 0.5) is 5.69 Å². The molecule has 1 aliphatic rings. The molecule has 1 aliphatic heterocycles. The van der Waals surface area contributed by atoms with Gasteiger partial charge in [0.15, 0.2) is 11.5 Å². The number of nitrogens with zero attached hydrogens (tertiary/aromatic N) is 3. The van der Waals surface area contributed by atoms with Crippen molar-refractivity contribution in [2.24, 2.45) is 0 Å². The fourth-order valence-corrected chi connectivity index (χ4v) is 4.23. The molecule has 1 aromatic carbocycles. The van der Waals surface area contributed by atoms with E-state index >= 15 is 0 Å². The van der Waals surface area contributed by atoms with Crippen molar-refractivity contribution in [1.82, 2.24) is 9.38 Å². The first-order valence-corrected chi connectivity index (χ1v) is 9.51. The zero-order chi connectivity index (χ0) is 18.3. The summed E-state index contributed by atoms with van der Waals surface area (Å²) in [6.45, 7) is 2.02. The van der Waals surface area contributed by atoms with Crippen molar-refractivity contribution in [2.45, 2.75) is 6.92 Å². The smallest absolute Gasteiger partial charge is 0.162 e. The van der Waals surface area contributed by atoms with Gasteiger partial charge in [-0.3, -0.25) is 4.40 Å². The number of aromatic nitrogens is 2. The lowest BCUT2D eigenvalue weighted by molar-refractivity contribution is 0.355. The van der Waals surface area contributed by atoms with Gasteiger partial charge in [-0.1, -0.05) is 11.6 Å². The fourth-order valence-electron chi connectivity index (χ4n) is 3.16. The van der Waals surface area contributed by atoms with Crippen molar-refractivity contribution in [3.05, 3.63) is 58.3 Å². The molecule has 3 heterocycles. The maximum atomic E-state index is 6.22. The summed E-state index contributed by atoms with van der Waals surface area (Å²) in [6.07, 6.45) is 1.91. The highest BCUT2D eigenvalue weighted by molar-refractivity contribution is 8.02. The summed E-state index contributed by atoms with van der Waals surface area (Å²) in [5.74, 6) is 2.24. The summed E-state index contributed by atoms with van der Waals surface area (Å²) in [6, 6.07) is 9.74. The molecule has 0 saturated heterocycles. The van der Waals surface area contributed by atoms with E-state index in [1.165, 1.54) is 0 Å². The van der Waals surface area contributed by atoms with Crippen molar-refractivity contribution in [1.29, 1.82) is 0 Å². The highest BCUT2D eigenvalue weighted by Crippen LogP contribution is 2.40. The number of halogens is 1. The van der Waals surface area contributed by atoms with Crippen LogP contribution in [0.1, 0.15) is 11.4 Å². The van der Waals surface area contributed by atoms with Gasteiger partial charge in [0, 0.05) is 18.0 Å². The summed E-state index contributed by atoms with van der Waals surface area (Å²) in [5, 5.41) is 2.84. The molecule has 26 heavy (non-hydrogen) atoms.